The van der Waals surface area contributed by atoms with Crippen LogP contribution < -0.4 is 26.3 Å². The maximum atomic E-state index is 12.5. The number of imidazole rings is 2. The molecule has 6 heterocycles. The van der Waals surface area contributed by atoms with Gasteiger partial charge in [0.05, 0.1) is 0 Å². The van der Waals surface area contributed by atoms with E-state index >= 15 is 0 Å². The number of aromatic nitrogens is 4. The van der Waals surface area contributed by atoms with E-state index in [2.05, 4.69) is 27.6 Å². The topological polar surface area (TPSA) is 210 Å². The third-order valence-electron chi connectivity index (χ3n) is 12.7. The molecule has 0 saturated carbocycles. The number of ether oxygens (including phenoxy) is 2. The molecule has 2 fully saturated rings. The second-order valence-corrected chi connectivity index (χ2v) is 17.2. The van der Waals surface area contributed by atoms with E-state index in [1.54, 1.807) is 11.8 Å². The van der Waals surface area contributed by atoms with Crippen LogP contribution in [-0.2, 0) is 22.7 Å². The Hall–Kier alpha value is -8.14. The molecule has 4 aliphatic rings. The van der Waals surface area contributed by atoms with Gasteiger partial charge in [-0.05, 0) is 137 Å². The van der Waals surface area contributed by atoms with E-state index in [-0.39, 0.29) is 11.8 Å². The summed E-state index contributed by atoms with van der Waals surface area (Å²) in [6, 6.07) is 34.5. The van der Waals surface area contributed by atoms with Crippen molar-refractivity contribution in [3.63, 3.8) is 0 Å². The highest BCUT2D eigenvalue weighted by Crippen LogP contribution is 2.42. The molecule has 2 aromatic heterocycles. The lowest BCUT2D eigenvalue weighted by molar-refractivity contribution is -0.132. The van der Waals surface area contributed by atoms with Crippen LogP contribution in [0.3, 0.4) is 0 Å². The molecule has 0 spiro atoms. The second kappa shape index (κ2) is 21.7. The van der Waals surface area contributed by atoms with Gasteiger partial charge < -0.3 is 45.4 Å². The van der Waals surface area contributed by atoms with Gasteiger partial charge in [-0.3, -0.25) is 14.4 Å². The summed E-state index contributed by atoms with van der Waals surface area (Å²) in [6.45, 7) is 8.02. The molecule has 15 nitrogen and oxygen atoms in total. The van der Waals surface area contributed by atoms with Gasteiger partial charge in [0.15, 0.2) is 0 Å². The van der Waals surface area contributed by atoms with Crippen LogP contribution in [0.1, 0.15) is 84.0 Å². The number of nitrogens with two attached hydrogens (primary N) is 2. The molecule has 10 rings (SSSR count). The Morgan fingerprint density at radius 1 is 0.609 bits per heavy atom. The van der Waals surface area contributed by atoms with Crippen LogP contribution in [0.15, 0.2) is 109 Å². The number of rotatable bonds is 10. The van der Waals surface area contributed by atoms with E-state index < -0.39 is 17.8 Å². The zero-order valence-electron chi connectivity index (χ0n) is 38.6. The van der Waals surface area contributed by atoms with Crippen molar-refractivity contribution in [1.29, 1.82) is 0 Å². The Labute approximate surface area is 400 Å². The summed E-state index contributed by atoms with van der Waals surface area (Å²) in [5.74, 6) is 13.6. The quantitative estimate of drug-likeness (QED) is 0.0999. The highest BCUT2D eigenvalue weighted by Gasteiger charge is 2.41. The fourth-order valence-electron chi connectivity index (χ4n) is 9.38. The smallest absolute Gasteiger partial charge is 0.381 e. The first kappa shape index (κ1) is 47.4. The minimum absolute atomic E-state index is 0.130. The largest absolute Gasteiger partial charge is 0.472 e. The minimum atomic E-state index is -1.07. The Morgan fingerprint density at radius 3 is 1.39 bits per heavy atom. The van der Waals surface area contributed by atoms with Crippen LogP contribution in [0.25, 0.3) is 22.5 Å². The molecule has 6 aromatic rings. The first-order valence-electron chi connectivity index (χ1n) is 23.1. The molecule has 2 saturated heterocycles. The SMILES string of the molecule is CC#CC(=O)N1CC(C2CCCn3c2nc(-c2ccc(Oc4ccccc4)cc2)c3C(N)=O)C1.CC#CC(=O)O.NC(=O)c1c(-c2ccc(Oc3ccccc3)cc2)nc2n1CCCC2C1CNC1. The monoisotopic (exact) mass is 926 g/mol. The van der Waals surface area contributed by atoms with Gasteiger partial charge in [-0.2, -0.15) is 0 Å². The van der Waals surface area contributed by atoms with Crippen molar-refractivity contribution in [2.24, 2.45) is 23.3 Å². The van der Waals surface area contributed by atoms with E-state index in [1.807, 2.05) is 120 Å². The third-order valence-corrected chi connectivity index (χ3v) is 12.7. The van der Waals surface area contributed by atoms with E-state index in [9.17, 15) is 19.2 Å². The molecule has 0 bridgehead atoms. The number of hydrogen-bond acceptors (Lipinski definition) is 9. The van der Waals surface area contributed by atoms with E-state index in [0.717, 1.165) is 85.3 Å². The van der Waals surface area contributed by atoms with Crippen molar-refractivity contribution in [3.8, 4) is 69.2 Å². The highest BCUT2D eigenvalue weighted by atomic mass is 16.5. The van der Waals surface area contributed by atoms with Crippen LogP contribution in [0.2, 0.25) is 0 Å². The van der Waals surface area contributed by atoms with Gasteiger partial charge in [0.1, 0.15) is 57.4 Å². The lowest BCUT2D eigenvalue weighted by Gasteiger charge is -2.43. The van der Waals surface area contributed by atoms with E-state index in [0.29, 0.717) is 65.9 Å². The van der Waals surface area contributed by atoms with Crippen molar-refractivity contribution in [1.82, 2.24) is 29.3 Å². The highest BCUT2D eigenvalue weighted by molar-refractivity contribution is 5.98. The number of amides is 3. The molecule has 69 heavy (non-hydrogen) atoms. The molecule has 4 aromatic carbocycles. The van der Waals surface area contributed by atoms with Gasteiger partial charge in [-0.25, -0.2) is 14.8 Å². The summed E-state index contributed by atoms with van der Waals surface area (Å²) >= 11 is 0. The number of fused-ring (bicyclic) bond motifs is 2. The Morgan fingerprint density at radius 2 is 1.03 bits per heavy atom. The summed E-state index contributed by atoms with van der Waals surface area (Å²) in [5.41, 5.74) is 15.6. The Balaban J connectivity index is 0.000000168. The van der Waals surface area contributed by atoms with Crippen LogP contribution in [-0.4, -0.2) is 79.0 Å². The fraction of sp³-hybridized carbons (Fsp3) is 0.296. The number of carboxylic acids is 1. The normalized spacial score (nSPS) is 16.8. The Kier molecular flexibility index (Phi) is 14.9. The van der Waals surface area contributed by atoms with Gasteiger partial charge in [-0.15, -0.1) is 0 Å². The van der Waals surface area contributed by atoms with Crippen LogP contribution >= 0.6 is 0 Å². The van der Waals surface area contributed by atoms with Gasteiger partial charge in [0, 0.05) is 61.0 Å². The average molecular weight is 927 g/mol. The number of para-hydroxylation sites is 2. The average Bonchev–Trinajstić information content (AvgIpc) is 3.91. The number of carbonyl (C=O) groups is 4. The standard InChI is InChI=1S/C27H26N4O3.C23H24N4O2.C4H4O2/c1-2-7-23(32)30-16-19(17-30)22-10-6-15-31-25(26(28)33)24(29-27(22)31)18-11-13-21(14-12-18)34-20-8-4-3-5-9-20;24-22(28)21-20(26-23-19(16-13-25-14-16)7-4-12-27(21)23)15-8-10-18(11-9-15)29-17-5-2-1-3-6-17;1-2-3-4(5)6/h3-5,8-9,11-14,19,22H,6,10,15-17H2,1H3,(H2,28,33);1-3,5-6,8-11,16,19,25H,4,7,12-14H2,(H2,24,28);1H3,(H,5,6). The number of benzene rings is 4. The second-order valence-electron chi connectivity index (χ2n) is 17.2. The summed E-state index contributed by atoms with van der Waals surface area (Å²) in [5, 5.41) is 11.1. The molecule has 0 aliphatic carbocycles. The third kappa shape index (κ3) is 10.9. The van der Waals surface area contributed by atoms with Crippen molar-refractivity contribution in [3.05, 3.63) is 132 Å². The maximum Gasteiger partial charge on any atom is 0.381 e. The predicted molar refractivity (Wildman–Crippen MR) is 260 cm³/mol. The molecule has 2 atom stereocenters. The minimum Gasteiger partial charge on any atom is -0.472 e. The summed E-state index contributed by atoms with van der Waals surface area (Å²) in [6.07, 6.45) is 4.08. The molecule has 4 aliphatic heterocycles. The maximum absolute atomic E-state index is 12.5. The number of carboxylic acid groups (broad SMARTS) is 1. The summed E-state index contributed by atoms with van der Waals surface area (Å²) in [4.78, 5) is 57.9. The number of likely N-dealkylation sites (tertiary alicyclic amines) is 1. The van der Waals surface area contributed by atoms with Crippen molar-refractivity contribution in [2.45, 2.75) is 64.5 Å². The zero-order valence-corrected chi connectivity index (χ0v) is 38.6. The van der Waals surface area contributed by atoms with Gasteiger partial charge in [0.2, 0.25) is 0 Å². The number of primary amides is 2. The lowest BCUT2D eigenvalue weighted by atomic mass is 9.80. The van der Waals surface area contributed by atoms with E-state index in [1.165, 1.54) is 6.92 Å². The number of aliphatic carboxylic acids is 1. The molecule has 2 unspecified atom stereocenters. The molecule has 352 valence electrons. The van der Waals surface area contributed by atoms with Crippen LogP contribution in [0.5, 0.6) is 23.0 Å². The molecule has 3 amide bonds. The summed E-state index contributed by atoms with van der Waals surface area (Å²) < 4.78 is 15.8. The van der Waals surface area contributed by atoms with Gasteiger partial charge in [0.25, 0.3) is 17.7 Å². The first-order chi connectivity index (χ1) is 33.5. The molecule has 0 radical (unpaired) electrons. The molecule has 6 N–H and O–H groups in total. The van der Waals surface area contributed by atoms with Crippen molar-refractivity contribution < 1.29 is 33.8 Å². The van der Waals surface area contributed by atoms with Crippen molar-refractivity contribution in [2.75, 3.05) is 26.2 Å². The Bertz CT molecular complexity index is 2930. The molecular weight excluding hydrogens is 873 g/mol. The first-order valence-corrected chi connectivity index (χ1v) is 23.1. The number of carbonyl (C=O) groups excluding carboxylic acids is 3. The number of hydrogen-bond donors (Lipinski definition) is 4. The van der Waals surface area contributed by atoms with Gasteiger partial charge >= 0.3 is 5.97 Å². The van der Waals surface area contributed by atoms with Crippen molar-refractivity contribution >= 4 is 23.7 Å². The zero-order chi connectivity index (χ0) is 48.4. The summed E-state index contributed by atoms with van der Waals surface area (Å²) in [7, 11) is 0. The van der Waals surface area contributed by atoms with E-state index in [4.69, 9.17) is 36.0 Å². The van der Waals surface area contributed by atoms with Gasteiger partial charge in [-0.1, -0.05) is 48.2 Å². The van der Waals surface area contributed by atoms with Crippen LogP contribution in [0.4, 0.5) is 0 Å². The fourth-order valence-corrected chi connectivity index (χ4v) is 9.38. The molecule has 15 heteroatoms. The number of nitrogens with zero attached hydrogens (tertiary/aromatic N) is 5. The predicted octanol–water partition coefficient (Wildman–Crippen LogP) is 7.43. The molecular formula is C54H54N8O7. The lowest BCUT2D eigenvalue weighted by Crippen LogP contribution is -2.52. The van der Waals surface area contributed by atoms with Crippen LogP contribution in [0, 0.1) is 35.5 Å². The number of nitrogens with one attached hydrogen (secondary N) is 1.